The van der Waals surface area contributed by atoms with Gasteiger partial charge in [-0.1, -0.05) is 12.1 Å². The second-order valence-corrected chi connectivity index (χ2v) is 5.71. The highest BCUT2D eigenvalue weighted by Gasteiger charge is 2.16. The van der Waals surface area contributed by atoms with Crippen LogP contribution in [-0.2, 0) is 6.42 Å². The Balaban J connectivity index is 1.94. The quantitative estimate of drug-likeness (QED) is 0.882. The molecule has 0 bridgehead atoms. The standard InChI is InChI=1S/C14H15NOS/c1-9-2-5-13(17-9)14(15)11-3-4-12-10(8-11)6-7-16-12/h2-5,8,14H,6-7,15H2,1H3. The number of hydrogen-bond donors (Lipinski definition) is 1. The van der Waals surface area contributed by atoms with Gasteiger partial charge in [0, 0.05) is 16.2 Å². The van der Waals surface area contributed by atoms with E-state index in [1.165, 1.54) is 20.9 Å². The fourth-order valence-corrected chi connectivity index (χ4v) is 3.09. The average molecular weight is 245 g/mol. The second-order valence-electron chi connectivity index (χ2n) is 4.39. The Kier molecular flexibility index (Phi) is 2.65. The summed E-state index contributed by atoms with van der Waals surface area (Å²) in [6.45, 7) is 2.91. The minimum Gasteiger partial charge on any atom is -0.493 e. The number of aryl methyl sites for hydroxylation is 1. The molecule has 0 fully saturated rings. The van der Waals surface area contributed by atoms with E-state index in [0.717, 1.165) is 18.8 Å². The number of benzene rings is 1. The molecule has 1 aromatic carbocycles. The van der Waals surface area contributed by atoms with Gasteiger partial charge in [0.1, 0.15) is 5.75 Å². The Labute approximate surface area is 105 Å². The molecule has 2 heterocycles. The fourth-order valence-electron chi connectivity index (χ4n) is 2.18. The van der Waals surface area contributed by atoms with Crippen molar-refractivity contribution >= 4 is 11.3 Å². The van der Waals surface area contributed by atoms with Gasteiger partial charge in [-0.2, -0.15) is 0 Å². The largest absolute Gasteiger partial charge is 0.493 e. The van der Waals surface area contributed by atoms with Gasteiger partial charge in [-0.15, -0.1) is 11.3 Å². The molecule has 0 aliphatic carbocycles. The smallest absolute Gasteiger partial charge is 0.122 e. The van der Waals surface area contributed by atoms with Crippen molar-refractivity contribution in [2.24, 2.45) is 5.73 Å². The molecule has 17 heavy (non-hydrogen) atoms. The molecule has 1 aromatic heterocycles. The van der Waals surface area contributed by atoms with E-state index in [9.17, 15) is 0 Å². The molecule has 3 heteroatoms. The molecule has 0 saturated carbocycles. The third kappa shape index (κ3) is 1.96. The van der Waals surface area contributed by atoms with Gasteiger partial charge >= 0.3 is 0 Å². The molecule has 0 amide bonds. The number of ether oxygens (including phenoxy) is 1. The van der Waals surface area contributed by atoms with Crippen LogP contribution in [0, 0.1) is 6.92 Å². The summed E-state index contributed by atoms with van der Waals surface area (Å²) in [5.74, 6) is 1.02. The number of thiophene rings is 1. The summed E-state index contributed by atoms with van der Waals surface area (Å²) < 4.78 is 5.50. The second kappa shape index (κ2) is 4.17. The lowest BCUT2D eigenvalue weighted by Crippen LogP contribution is -2.10. The topological polar surface area (TPSA) is 35.2 Å². The van der Waals surface area contributed by atoms with Crippen LogP contribution in [0.2, 0.25) is 0 Å². The van der Waals surface area contributed by atoms with Crippen LogP contribution in [0.25, 0.3) is 0 Å². The maximum absolute atomic E-state index is 6.29. The molecule has 0 radical (unpaired) electrons. The van der Waals surface area contributed by atoms with Crippen molar-refractivity contribution < 1.29 is 4.74 Å². The number of hydrogen-bond acceptors (Lipinski definition) is 3. The first kappa shape index (κ1) is 10.8. The summed E-state index contributed by atoms with van der Waals surface area (Å²) in [6.07, 6.45) is 0.999. The van der Waals surface area contributed by atoms with E-state index < -0.39 is 0 Å². The Hall–Kier alpha value is -1.32. The van der Waals surface area contributed by atoms with Crippen LogP contribution < -0.4 is 10.5 Å². The SMILES string of the molecule is Cc1ccc(C(N)c2ccc3c(c2)CCO3)s1. The van der Waals surface area contributed by atoms with Crippen molar-refractivity contribution in [3.05, 3.63) is 51.2 Å². The molecule has 1 aliphatic heterocycles. The lowest BCUT2D eigenvalue weighted by molar-refractivity contribution is 0.357. The first-order valence-electron chi connectivity index (χ1n) is 5.81. The molecular weight excluding hydrogens is 230 g/mol. The van der Waals surface area contributed by atoms with Crippen LogP contribution in [0.15, 0.2) is 30.3 Å². The van der Waals surface area contributed by atoms with Gasteiger partial charge in [0.15, 0.2) is 0 Å². The molecule has 2 nitrogen and oxygen atoms in total. The Bertz CT molecular complexity index is 547. The van der Waals surface area contributed by atoms with E-state index >= 15 is 0 Å². The van der Waals surface area contributed by atoms with Crippen molar-refractivity contribution in [3.63, 3.8) is 0 Å². The molecule has 1 unspecified atom stereocenters. The van der Waals surface area contributed by atoms with Gasteiger partial charge in [0.05, 0.1) is 12.6 Å². The highest BCUT2D eigenvalue weighted by Crippen LogP contribution is 2.31. The molecule has 2 aromatic rings. The minimum atomic E-state index is -0.0143. The van der Waals surface area contributed by atoms with Crippen LogP contribution in [-0.4, -0.2) is 6.61 Å². The summed E-state index contributed by atoms with van der Waals surface area (Å²) in [4.78, 5) is 2.53. The maximum Gasteiger partial charge on any atom is 0.122 e. The summed E-state index contributed by atoms with van der Waals surface area (Å²) in [5.41, 5.74) is 8.75. The monoisotopic (exact) mass is 245 g/mol. The summed E-state index contributed by atoms with van der Waals surface area (Å²) in [7, 11) is 0. The zero-order valence-corrected chi connectivity index (χ0v) is 10.6. The van der Waals surface area contributed by atoms with Gasteiger partial charge in [-0.05, 0) is 36.2 Å². The summed E-state index contributed by atoms with van der Waals surface area (Å²) in [6, 6.07) is 10.5. The van der Waals surface area contributed by atoms with Crippen LogP contribution in [0.4, 0.5) is 0 Å². The van der Waals surface area contributed by atoms with Gasteiger partial charge in [0.25, 0.3) is 0 Å². The van der Waals surface area contributed by atoms with Crippen LogP contribution in [0.3, 0.4) is 0 Å². The fraction of sp³-hybridized carbons (Fsp3) is 0.286. The number of fused-ring (bicyclic) bond motifs is 1. The van der Waals surface area contributed by atoms with E-state index in [1.807, 2.05) is 6.07 Å². The van der Waals surface area contributed by atoms with E-state index in [1.54, 1.807) is 11.3 Å². The predicted octanol–water partition coefficient (Wildman–Crippen LogP) is 3.04. The molecule has 2 N–H and O–H groups in total. The van der Waals surface area contributed by atoms with Gasteiger partial charge in [0.2, 0.25) is 0 Å². The van der Waals surface area contributed by atoms with Crippen molar-refractivity contribution in [3.8, 4) is 5.75 Å². The number of nitrogens with two attached hydrogens (primary N) is 1. The first-order chi connectivity index (χ1) is 8.24. The van der Waals surface area contributed by atoms with Crippen molar-refractivity contribution in [2.75, 3.05) is 6.61 Å². The minimum absolute atomic E-state index is 0.0143. The Morgan fingerprint density at radius 3 is 2.94 bits per heavy atom. The molecule has 0 spiro atoms. The highest BCUT2D eigenvalue weighted by atomic mass is 32.1. The van der Waals surface area contributed by atoms with Crippen LogP contribution in [0.1, 0.15) is 26.9 Å². The molecule has 1 aliphatic rings. The highest BCUT2D eigenvalue weighted by molar-refractivity contribution is 7.12. The zero-order valence-electron chi connectivity index (χ0n) is 9.77. The van der Waals surface area contributed by atoms with Crippen molar-refractivity contribution in [1.29, 1.82) is 0 Å². The Morgan fingerprint density at radius 1 is 1.29 bits per heavy atom. The molecule has 1 atom stereocenters. The third-order valence-corrected chi connectivity index (χ3v) is 4.22. The molecule has 0 saturated heterocycles. The lowest BCUT2D eigenvalue weighted by Gasteiger charge is -2.11. The predicted molar refractivity (Wildman–Crippen MR) is 70.7 cm³/mol. The Morgan fingerprint density at radius 2 is 2.18 bits per heavy atom. The third-order valence-electron chi connectivity index (χ3n) is 3.14. The van der Waals surface area contributed by atoms with E-state index in [0.29, 0.717) is 0 Å². The lowest BCUT2D eigenvalue weighted by atomic mass is 10.0. The first-order valence-corrected chi connectivity index (χ1v) is 6.63. The maximum atomic E-state index is 6.29. The van der Waals surface area contributed by atoms with Gasteiger partial charge in [-0.25, -0.2) is 0 Å². The van der Waals surface area contributed by atoms with Crippen molar-refractivity contribution in [2.45, 2.75) is 19.4 Å². The van der Waals surface area contributed by atoms with E-state index in [-0.39, 0.29) is 6.04 Å². The van der Waals surface area contributed by atoms with Gasteiger partial charge in [-0.3, -0.25) is 0 Å². The number of rotatable bonds is 2. The van der Waals surface area contributed by atoms with Crippen molar-refractivity contribution in [1.82, 2.24) is 0 Å². The van der Waals surface area contributed by atoms with Crippen LogP contribution >= 0.6 is 11.3 Å². The molecule has 88 valence electrons. The normalized spacial score (nSPS) is 15.4. The molecule has 3 rings (SSSR count). The van der Waals surface area contributed by atoms with Gasteiger partial charge < -0.3 is 10.5 Å². The van der Waals surface area contributed by atoms with Crippen LogP contribution in [0.5, 0.6) is 5.75 Å². The summed E-state index contributed by atoms with van der Waals surface area (Å²) >= 11 is 1.77. The molecular formula is C14H15NOS. The van der Waals surface area contributed by atoms with E-state index in [2.05, 4.69) is 31.2 Å². The zero-order chi connectivity index (χ0) is 11.8. The van der Waals surface area contributed by atoms with E-state index in [4.69, 9.17) is 10.5 Å². The average Bonchev–Trinajstić information content (AvgIpc) is 2.95. The summed E-state index contributed by atoms with van der Waals surface area (Å²) in [5, 5.41) is 0.